The van der Waals surface area contributed by atoms with Gasteiger partial charge in [-0.2, -0.15) is 5.10 Å². The largest absolute Gasteiger partial charge is 0.487 e. The second-order valence-corrected chi connectivity index (χ2v) is 10.9. The maximum Gasteiger partial charge on any atom is 0.257 e. The van der Waals surface area contributed by atoms with Crippen molar-refractivity contribution in [2.24, 2.45) is 7.05 Å². The highest BCUT2D eigenvalue weighted by Crippen LogP contribution is 2.43. The second kappa shape index (κ2) is 8.41. The number of nitrogens with zero attached hydrogens (tertiary/aromatic N) is 3. The zero-order chi connectivity index (χ0) is 24.8. The van der Waals surface area contributed by atoms with Crippen LogP contribution in [0.1, 0.15) is 29.8 Å². The Kier molecular flexibility index (Phi) is 5.86. The SMILES string of the molecule is CN(C)S(=O)(=O)c1ccc(Oc2cc(C(=O)Nc3ccn(C)n3)cc3c2CC(C)(C)O3)cc1F. The summed E-state index contributed by atoms with van der Waals surface area (Å²) in [6, 6.07) is 8.36. The molecule has 34 heavy (non-hydrogen) atoms. The molecule has 0 aliphatic carbocycles. The Bertz CT molecular complexity index is 1380. The summed E-state index contributed by atoms with van der Waals surface area (Å²) in [6.07, 6.45) is 2.21. The van der Waals surface area contributed by atoms with Gasteiger partial charge >= 0.3 is 0 Å². The molecule has 1 aliphatic heterocycles. The zero-order valence-corrected chi connectivity index (χ0v) is 20.2. The minimum absolute atomic E-state index is 0.0874. The summed E-state index contributed by atoms with van der Waals surface area (Å²) in [4.78, 5) is 12.4. The van der Waals surface area contributed by atoms with E-state index >= 15 is 0 Å². The van der Waals surface area contributed by atoms with E-state index in [2.05, 4.69) is 10.4 Å². The van der Waals surface area contributed by atoms with Crippen molar-refractivity contribution in [1.29, 1.82) is 0 Å². The van der Waals surface area contributed by atoms with Crippen LogP contribution < -0.4 is 14.8 Å². The molecular formula is C23H25FN4O5S. The van der Waals surface area contributed by atoms with Crippen molar-refractivity contribution >= 4 is 21.7 Å². The van der Waals surface area contributed by atoms with E-state index in [1.807, 2.05) is 13.8 Å². The molecule has 2 heterocycles. The molecule has 0 atom stereocenters. The summed E-state index contributed by atoms with van der Waals surface area (Å²) in [5.41, 5.74) is 0.472. The lowest BCUT2D eigenvalue weighted by molar-refractivity contribution is 0.102. The van der Waals surface area contributed by atoms with E-state index < -0.39 is 32.2 Å². The van der Waals surface area contributed by atoms with Crippen LogP contribution >= 0.6 is 0 Å². The predicted octanol–water partition coefficient (Wildman–Crippen LogP) is 3.57. The number of rotatable bonds is 6. The van der Waals surface area contributed by atoms with Gasteiger partial charge in [-0.3, -0.25) is 9.48 Å². The molecule has 0 bridgehead atoms. The van der Waals surface area contributed by atoms with E-state index in [1.54, 1.807) is 36.1 Å². The van der Waals surface area contributed by atoms with Crippen molar-refractivity contribution in [2.75, 3.05) is 19.4 Å². The number of carbonyl (C=O) groups is 1. The van der Waals surface area contributed by atoms with Crippen LogP contribution in [0.5, 0.6) is 17.2 Å². The van der Waals surface area contributed by atoms with Crippen LogP contribution in [0.25, 0.3) is 0 Å². The van der Waals surface area contributed by atoms with Gasteiger partial charge < -0.3 is 14.8 Å². The number of halogens is 1. The van der Waals surface area contributed by atoms with Gasteiger partial charge in [0, 0.05) is 57.0 Å². The molecule has 0 saturated carbocycles. The van der Waals surface area contributed by atoms with E-state index in [1.165, 1.54) is 20.2 Å². The first kappa shape index (κ1) is 23.7. The number of benzene rings is 2. The average molecular weight is 489 g/mol. The number of hydrogen-bond acceptors (Lipinski definition) is 6. The van der Waals surface area contributed by atoms with Gasteiger partial charge in [0.2, 0.25) is 10.0 Å². The third-order valence-corrected chi connectivity index (χ3v) is 7.11. The quantitative estimate of drug-likeness (QED) is 0.569. The van der Waals surface area contributed by atoms with E-state index in [4.69, 9.17) is 9.47 Å². The number of carbonyl (C=O) groups excluding carboxylic acids is 1. The van der Waals surface area contributed by atoms with Gasteiger partial charge in [0.1, 0.15) is 33.6 Å². The van der Waals surface area contributed by atoms with Gasteiger partial charge in [0.15, 0.2) is 5.82 Å². The molecule has 4 rings (SSSR count). The first-order chi connectivity index (χ1) is 15.9. The normalized spacial score (nSPS) is 14.6. The summed E-state index contributed by atoms with van der Waals surface area (Å²) in [7, 11) is 0.442. The van der Waals surface area contributed by atoms with Crippen LogP contribution in [0.15, 0.2) is 47.5 Å². The Morgan fingerprint density at radius 3 is 2.59 bits per heavy atom. The highest BCUT2D eigenvalue weighted by atomic mass is 32.2. The van der Waals surface area contributed by atoms with Crippen LogP contribution in [0, 0.1) is 5.82 Å². The first-order valence-electron chi connectivity index (χ1n) is 10.4. The Morgan fingerprint density at radius 2 is 1.97 bits per heavy atom. The lowest BCUT2D eigenvalue weighted by atomic mass is 9.99. The maximum absolute atomic E-state index is 14.7. The number of amides is 1. The monoisotopic (exact) mass is 488 g/mol. The number of anilines is 1. The van der Waals surface area contributed by atoms with Gasteiger partial charge in [-0.1, -0.05) is 0 Å². The molecule has 1 aromatic heterocycles. The standard InChI is InChI=1S/C23H25FN4O5S/c1-23(2)13-16-18(32-15-6-7-20(17(24)12-15)34(30,31)27(3)4)10-14(11-19(16)33-23)22(29)25-21-8-9-28(5)26-21/h6-12H,13H2,1-5H3,(H,25,26,29). The Labute approximate surface area is 197 Å². The average Bonchev–Trinajstić information content (AvgIpc) is 3.28. The van der Waals surface area contributed by atoms with Crippen LogP contribution in [-0.2, 0) is 23.5 Å². The first-order valence-corrected chi connectivity index (χ1v) is 11.9. The van der Waals surface area contributed by atoms with Gasteiger partial charge in [0.05, 0.1) is 0 Å². The van der Waals surface area contributed by atoms with Crippen LogP contribution in [0.3, 0.4) is 0 Å². The van der Waals surface area contributed by atoms with Crippen molar-refractivity contribution in [2.45, 2.75) is 30.8 Å². The van der Waals surface area contributed by atoms with Gasteiger partial charge in [0.25, 0.3) is 5.91 Å². The van der Waals surface area contributed by atoms with Gasteiger partial charge in [-0.05, 0) is 38.1 Å². The molecule has 11 heteroatoms. The van der Waals surface area contributed by atoms with E-state index in [9.17, 15) is 17.6 Å². The molecule has 9 nitrogen and oxygen atoms in total. The molecule has 1 amide bonds. The Balaban J connectivity index is 1.69. The topological polar surface area (TPSA) is 103 Å². The van der Waals surface area contributed by atoms with Gasteiger partial charge in [-0.25, -0.2) is 17.1 Å². The molecular weight excluding hydrogens is 463 g/mol. The number of nitrogens with one attached hydrogen (secondary N) is 1. The van der Waals surface area contributed by atoms with Crippen molar-refractivity contribution in [3.8, 4) is 17.2 Å². The molecule has 1 aliphatic rings. The van der Waals surface area contributed by atoms with E-state index in [0.717, 1.165) is 22.0 Å². The number of hydrogen-bond donors (Lipinski definition) is 1. The fourth-order valence-electron chi connectivity index (χ4n) is 3.61. The second-order valence-electron chi connectivity index (χ2n) is 8.80. The third kappa shape index (κ3) is 4.62. The minimum atomic E-state index is -3.95. The van der Waals surface area contributed by atoms with E-state index in [-0.39, 0.29) is 11.3 Å². The molecule has 2 aromatic carbocycles. The smallest absolute Gasteiger partial charge is 0.257 e. The fraction of sp³-hybridized carbons (Fsp3) is 0.304. The summed E-state index contributed by atoms with van der Waals surface area (Å²) >= 11 is 0. The summed E-state index contributed by atoms with van der Waals surface area (Å²) in [5.74, 6) is -0.0829. The van der Waals surface area contributed by atoms with Crippen molar-refractivity contribution in [1.82, 2.24) is 14.1 Å². The fourth-order valence-corrected chi connectivity index (χ4v) is 4.55. The lowest BCUT2D eigenvalue weighted by Crippen LogP contribution is -2.24. The summed E-state index contributed by atoms with van der Waals surface area (Å²) in [5, 5.41) is 6.85. The summed E-state index contributed by atoms with van der Waals surface area (Å²) < 4.78 is 53.7. The number of aryl methyl sites for hydroxylation is 1. The van der Waals surface area contributed by atoms with Gasteiger partial charge in [-0.15, -0.1) is 0 Å². The highest BCUT2D eigenvalue weighted by molar-refractivity contribution is 7.89. The number of sulfonamides is 1. The van der Waals surface area contributed by atoms with Crippen LogP contribution in [0.4, 0.5) is 10.2 Å². The molecule has 0 radical (unpaired) electrons. The third-order valence-electron chi connectivity index (χ3n) is 5.26. The maximum atomic E-state index is 14.7. The van der Waals surface area contributed by atoms with Crippen molar-refractivity contribution in [3.63, 3.8) is 0 Å². The number of fused-ring (bicyclic) bond motifs is 1. The van der Waals surface area contributed by atoms with Crippen molar-refractivity contribution < 1.29 is 27.1 Å². The molecule has 3 aromatic rings. The molecule has 180 valence electrons. The summed E-state index contributed by atoms with van der Waals surface area (Å²) in [6.45, 7) is 3.82. The minimum Gasteiger partial charge on any atom is -0.487 e. The van der Waals surface area contributed by atoms with Crippen LogP contribution in [-0.4, -0.2) is 48.1 Å². The van der Waals surface area contributed by atoms with Crippen LogP contribution in [0.2, 0.25) is 0 Å². The number of ether oxygens (including phenoxy) is 2. The predicted molar refractivity (Wildman–Crippen MR) is 123 cm³/mol. The molecule has 1 N–H and O–H groups in total. The number of aromatic nitrogens is 2. The Hall–Kier alpha value is -3.44. The zero-order valence-electron chi connectivity index (χ0n) is 19.4. The molecule has 0 unspecified atom stereocenters. The Morgan fingerprint density at radius 1 is 1.24 bits per heavy atom. The molecule has 0 fully saturated rings. The highest BCUT2D eigenvalue weighted by Gasteiger charge is 2.34. The van der Waals surface area contributed by atoms with E-state index in [0.29, 0.717) is 23.7 Å². The lowest BCUT2D eigenvalue weighted by Gasteiger charge is -2.16. The molecule has 0 saturated heterocycles. The van der Waals surface area contributed by atoms with Crippen molar-refractivity contribution in [3.05, 3.63) is 59.5 Å². The molecule has 0 spiro atoms.